The van der Waals surface area contributed by atoms with Gasteiger partial charge < -0.3 is 5.73 Å². The molecule has 2 aromatic rings. The molecular weight excluding hydrogens is 249 g/mol. The van der Waals surface area contributed by atoms with Crippen LogP contribution in [0.5, 0.6) is 0 Å². The van der Waals surface area contributed by atoms with Gasteiger partial charge >= 0.3 is 0 Å². The molecule has 0 aliphatic rings. The normalized spacial score (nSPS) is 12.4. The molecule has 0 bridgehead atoms. The van der Waals surface area contributed by atoms with Crippen LogP contribution >= 0.6 is 11.6 Å². The smallest absolute Gasteiger partial charge is 0.129 e. The predicted molar refractivity (Wildman–Crippen MR) is 73.2 cm³/mol. The third kappa shape index (κ3) is 2.89. The van der Waals surface area contributed by atoms with Gasteiger partial charge in [0.15, 0.2) is 0 Å². The van der Waals surface area contributed by atoms with E-state index in [1.54, 1.807) is 12.1 Å². The van der Waals surface area contributed by atoms with Crippen LogP contribution in [-0.4, -0.2) is 0 Å². The van der Waals surface area contributed by atoms with E-state index in [0.29, 0.717) is 17.0 Å². The average molecular weight is 264 g/mol. The summed E-state index contributed by atoms with van der Waals surface area (Å²) in [6, 6.07) is 12.2. The fourth-order valence-corrected chi connectivity index (χ4v) is 2.25. The molecule has 1 unspecified atom stereocenters. The molecule has 2 aromatic carbocycles. The first-order chi connectivity index (χ1) is 8.58. The van der Waals surface area contributed by atoms with E-state index in [9.17, 15) is 4.39 Å². The van der Waals surface area contributed by atoms with Gasteiger partial charge in [-0.3, -0.25) is 0 Å². The SMILES string of the molecule is Cc1ccc(CC(N)c2c(F)cccc2Cl)cc1. The Kier molecular flexibility index (Phi) is 4.00. The molecule has 0 aliphatic heterocycles. The van der Waals surface area contributed by atoms with E-state index in [4.69, 9.17) is 17.3 Å². The van der Waals surface area contributed by atoms with Gasteiger partial charge in [-0.25, -0.2) is 4.39 Å². The molecule has 0 fully saturated rings. The van der Waals surface area contributed by atoms with Crippen molar-refractivity contribution in [2.75, 3.05) is 0 Å². The monoisotopic (exact) mass is 263 g/mol. The maximum absolute atomic E-state index is 13.7. The van der Waals surface area contributed by atoms with Crippen molar-refractivity contribution in [3.8, 4) is 0 Å². The summed E-state index contributed by atoms with van der Waals surface area (Å²) in [5.74, 6) is -0.345. The number of benzene rings is 2. The van der Waals surface area contributed by atoms with Crippen molar-refractivity contribution in [3.63, 3.8) is 0 Å². The number of rotatable bonds is 3. The van der Waals surface area contributed by atoms with Crippen molar-refractivity contribution in [3.05, 3.63) is 70.0 Å². The molecule has 1 nitrogen and oxygen atoms in total. The molecule has 0 saturated heterocycles. The van der Waals surface area contributed by atoms with E-state index in [2.05, 4.69) is 0 Å². The van der Waals surface area contributed by atoms with Gasteiger partial charge in [-0.1, -0.05) is 47.5 Å². The van der Waals surface area contributed by atoms with E-state index >= 15 is 0 Å². The Morgan fingerprint density at radius 1 is 1.17 bits per heavy atom. The quantitative estimate of drug-likeness (QED) is 0.889. The minimum atomic E-state index is -0.429. The molecule has 3 heteroatoms. The number of hydrogen-bond donors (Lipinski definition) is 1. The Morgan fingerprint density at radius 2 is 1.83 bits per heavy atom. The molecule has 0 saturated carbocycles. The summed E-state index contributed by atoms with van der Waals surface area (Å²) in [4.78, 5) is 0. The van der Waals surface area contributed by atoms with Crippen molar-refractivity contribution >= 4 is 11.6 Å². The van der Waals surface area contributed by atoms with Crippen LogP contribution in [0, 0.1) is 12.7 Å². The lowest BCUT2D eigenvalue weighted by Gasteiger charge is -2.14. The lowest BCUT2D eigenvalue weighted by atomic mass is 9.98. The lowest BCUT2D eigenvalue weighted by molar-refractivity contribution is 0.580. The molecule has 0 spiro atoms. The first-order valence-electron chi connectivity index (χ1n) is 5.83. The minimum Gasteiger partial charge on any atom is -0.324 e. The van der Waals surface area contributed by atoms with Crippen LogP contribution in [0.1, 0.15) is 22.7 Å². The average Bonchev–Trinajstić information content (AvgIpc) is 2.32. The first kappa shape index (κ1) is 13.1. The zero-order valence-electron chi connectivity index (χ0n) is 10.2. The number of hydrogen-bond acceptors (Lipinski definition) is 1. The Morgan fingerprint density at radius 3 is 2.44 bits per heavy atom. The van der Waals surface area contributed by atoms with Gasteiger partial charge in [0.05, 0.1) is 0 Å². The molecular formula is C15H15ClFN. The standard InChI is InChI=1S/C15H15ClFN/c1-10-5-7-11(8-6-10)9-14(18)15-12(16)3-2-4-13(15)17/h2-8,14H,9,18H2,1H3. The van der Waals surface area contributed by atoms with Gasteiger partial charge in [0.1, 0.15) is 5.82 Å². The molecule has 0 amide bonds. The fourth-order valence-electron chi connectivity index (χ4n) is 1.95. The van der Waals surface area contributed by atoms with Crippen molar-refractivity contribution < 1.29 is 4.39 Å². The second-order valence-electron chi connectivity index (χ2n) is 4.43. The van der Waals surface area contributed by atoms with Crippen LogP contribution in [0.2, 0.25) is 5.02 Å². The second-order valence-corrected chi connectivity index (χ2v) is 4.84. The highest BCUT2D eigenvalue weighted by Gasteiger charge is 2.15. The van der Waals surface area contributed by atoms with Crippen molar-refractivity contribution in [1.29, 1.82) is 0 Å². The van der Waals surface area contributed by atoms with E-state index in [-0.39, 0.29) is 5.82 Å². The van der Waals surface area contributed by atoms with Crippen LogP contribution in [0.4, 0.5) is 4.39 Å². The van der Waals surface area contributed by atoms with Crippen LogP contribution < -0.4 is 5.73 Å². The van der Waals surface area contributed by atoms with Gasteiger partial charge in [-0.15, -0.1) is 0 Å². The third-order valence-corrected chi connectivity index (χ3v) is 3.28. The van der Waals surface area contributed by atoms with Gasteiger partial charge in [0.2, 0.25) is 0 Å². The predicted octanol–water partition coefficient (Wildman–Crippen LogP) is 4.03. The number of aryl methyl sites for hydroxylation is 1. The Labute approximate surface area is 111 Å². The highest BCUT2D eigenvalue weighted by molar-refractivity contribution is 6.31. The zero-order valence-corrected chi connectivity index (χ0v) is 10.9. The summed E-state index contributed by atoms with van der Waals surface area (Å²) in [6.07, 6.45) is 0.570. The molecule has 0 radical (unpaired) electrons. The van der Waals surface area contributed by atoms with Crippen LogP contribution in [0.3, 0.4) is 0 Å². The van der Waals surface area contributed by atoms with Crippen molar-refractivity contribution in [1.82, 2.24) is 0 Å². The summed E-state index contributed by atoms with van der Waals surface area (Å²) in [7, 11) is 0. The number of halogens is 2. The summed E-state index contributed by atoms with van der Waals surface area (Å²) in [6.45, 7) is 2.03. The minimum absolute atomic E-state index is 0.345. The maximum atomic E-state index is 13.7. The highest BCUT2D eigenvalue weighted by atomic mass is 35.5. The summed E-state index contributed by atoms with van der Waals surface area (Å²) in [5, 5.41) is 0.384. The first-order valence-corrected chi connectivity index (χ1v) is 6.21. The Balaban J connectivity index is 2.22. The van der Waals surface area contributed by atoms with Gasteiger partial charge in [-0.05, 0) is 31.0 Å². The van der Waals surface area contributed by atoms with Crippen LogP contribution in [-0.2, 0) is 6.42 Å². The fraction of sp³-hybridized carbons (Fsp3) is 0.200. The molecule has 0 aliphatic carbocycles. The van der Waals surface area contributed by atoms with Crippen molar-refractivity contribution in [2.45, 2.75) is 19.4 Å². The largest absolute Gasteiger partial charge is 0.324 e. The van der Waals surface area contributed by atoms with Gasteiger partial charge in [0.25, 0.3) is 0 Å². The third-order valence-electron chi connectivity index (χ3n) is 2.95. The molecule has 2 rings (SSSR count). The highest BCUT2D eigenvalue weighted by Crippen LogP contribution is 2.26. The van der Waals surface area contributed by atoms with Crippen molar-refractivity contribution in [2.24, 2.45) is 5.73 Å². The molecule has 94 valence electrons. The van der Waals surface area contributed by atoms with Gasteiger partial charge in [0, 0.05) is 16.6 Å². The second kappa shape index (κ2) is 5.51. The maximum Gasteiger partial charge on any atom is 0.129 e. The molecule has 0 aromatic heterocycles. The van der Waals surface area contributed by atoms with E-state index in [1.807, 2.05) is 31.2 Å². The summed E-state index contributed by atoms with van der Waals surface area (Å²) in [5.41, 5.74) is 8.70. The Hall–Kier alpha value is -1.38. The zero-order chi connectivity index (χ0) is 13.1. The van der Waals surface area contributed by atoms with E-state index in [0.717, 1.165) is 5.56 Å². The van der Waals surface area contributed by atoms with E-state index < -0.39 is 6.04 Å². The summed E-state index contributed by atoms with van der Waals surface area (Å²) < 4.78 is 13.7. The van der Waals surface area contributed by atoms with Crippen LogP contribution in [0.15, 0.2) is 42.5 Å². The lowest BCUT2D eigenvalue weighted by Crippen LogP contribution is -2.15. The van der Waals surface area contributed by atoms with E-state index in [1.165, 1.54) is 11.6 Å². The number of nitrogens with two attached hydrogens (primary N) is 1. The van der Waals surface area contributed by atoms with Gasteiger partial charge in [-0.2, -0.15) is 0 Å². The summed E-state index contributed by atoms with van der Waals surface area (Å²) >= 11 is 6.00. The molecule has 2 N–H and O–H groups in total. The Bertz CT molecular complexity index is 516. The van der Waals surface area contributed by atoms with Crippen LogP contribution in [0.25, 0.3) is 0 Å². The molecule has 0 heterocycles. The molecule has 18 heavy (non-hydrogen) atoms. The molecule has 1 atom stereocenters. The topological polar surface area (TPSA) is 26.0 Å².